The first-order chi connectivity index (χ1) is 6.33. The number of rotatable bonds is 3. The van der Waals surface area contributed by atoms with E-state index in [1.165, 1.54) is 24.7 Å². The second-order valence-corrected chi connectivity index (χ2v) is 2.28. The molecule has 0 aliphatic rings. The molecule has 0 saturated carbocycles. The van der Waals surface area contributed by atoms with Crippen molar-refractivity contribution in [3.05, 3.63) is 29.8 Å². The molecule has 0 aliphatic carbocycles. The zero-order chi connectivity index (χ0) is 9.52. The molecular formula is C8H9FN4. The standard InChI is InChI=1S/C8H9FN4/c9-8-2-1-7(6-12-8)5-11-3-4-13-10/h1-4,6H,5,10H2. The molecule has 1 rings (SSSR count). The molecule has 0 radical (unpaired) electrons. The van der Waals surface area contributed by atoms with Gasteiger partial charge in [-0.15, -0.1) is 0 Å². The zero-order valence-corrected chi connectivity index (χ0v) is 6.89. The quantitative estimate of drug-likeness (QED) is 0.322. The Labute approximate surface area is 75.0 Å². The third kappa shape index (κ3) is 3.42. The number of nitrogens with two attached hydrogens (primary N) is 1. The molecule has 0 saturated heterocycles. The molecule has 13 heavy (non-hydrogen) atoms. The van der Waals surface area contributed by atoms with E-state index in [1.807, 2.05) is 0 Å². The van der Waals surface area contributed by atoms with Crippen LogP contribution in [0.3, 0.4) is 0 Å². The summed E-state index contributed by atoms with van der Waals surface area (Å²) < 4.78 is 12.3. The molecule has 0 fully saturated rings. The number of aromatic nitrogens is 1. The number of pyridine rings is 1. The van der Waals surface area contributed by atoms with E-state index in [0.29, 0.717) is 6.54 Å². The van der Waals surface area contributed by atoms with Crippen LogP contribution in [0.4, 0.5) is 4.39 Å². The predicted molar refractivity (Wildman–Crippen MR) is 49.1 cm³/mol. The first-order valence-electron chi connectivity index (χ1n) is 3.65. The lowest BCUT2D eigenvalue weighted by Crippen LogP contribution is -1.88. The van der Waals surface area contributed by atoms with E-state index >= 15 is 0 Å². The largest absolute Gasteiger partial charge is 0.323 e. The van der Waals surface area contributed by atoms with Crippen LogP contribution in [0.15, 0.2) is 28.4 Å². The molecule has 0 bridgehead atoms. The highest BCUT2D eigenvalue weighted by Crippen LogP contribution is 1.99. The molecule has 1 aromatic rings. The highest BCUT2D eigenvalue weighted by Gasteiger charge is 1.91. The van der Waals surface area contributed by atoms with Crippen LogP contribution in [0.1, 0.15) is 5.56 Å². The average Bonchev–Trinajstić information content (AvgIpc) is 2.15. The summed E-state index contributed by atoms with van der Waals surface area (Å²) in [4.78, 5) is 7.42. The van der Waals surface area contributed by atoms with Gasteiger partial charge in [0.1, 0.15) is 0 Å². The second kappa shape index (κ2) is 4.97. The minimum atomic E-state index is -0.490. The van der Waals surface area contributed by atoms with Crippen molar-refractivity contribution in [2.24, 2.45) is 15.9 Å². The molecule has 1 heterocycles. The van der Waals surface area contributed by atoms with Gasteiger partial charge >= 0.3 is 0 Å². The van der Waals surface area contributed by atoms with Crippen LogP contribution in [-0.4, -0.2) is 17.4 Å². The number of nitrogens with zero attached hydrogens (tertiary/aromatic N) is 3. The Hall–Kier alpha value is -1.78. The van der Waals surface area contributed by atoms with E-state index in [2.05, 4.69) is 15.1 Å². The normalized spacial score (nSPS) is 11.5. The van der Waals surface area contributed by atoms with Gasteiger partial charge < -0.3 is 5.84 Å². The first kappa shape index (κ1) is 9.31. The molecule has 4 nitrogen and oxygen atoms in total. The van der Waals surface area contributed by atoms with Crippen molar-refractivity contribution in [1.82, 2.24) is 4.98 Å². The van der Waals surface area contributed by atoms with Crippen molar-refractivity contribution in [1.29, 1.82) is 0 Å². The molecule has 2 N–H and O–H groups in total. The van der Waals surface area contributed by atoms with Crippen LogP contribution in [-0.2, 0) is 6.54 Å². The smallest absolute Gasteiger partial charge is 0.212 e. The van der Waals surface area contributed by atoms with Gasteiger partial charge in [0.05, 0.1) is 12.8 Å². The zero-order valence-electron chi connectivity index (χ0n) is 6.89. The number of hydrogen-bond acceptors (Lipinski definition) is 4. The summed E-state index contributed by atoms with van der Waals surface area (Å²) in [7, 11) is 0. The second-order valence-electron chi connectivity index (χ2n) is 2.28. The molecule has 0 aliphatic heterocycles. The molecule has 0 atom stereocenters. The lowest BCUT2D eigenvalue weighted by molar-refractivity contribution is 0.582. The number of hydrogen-bond donors (Lipinski definition) is 1. The Kier molecular flexibility index (Phi) is 3.56. The van der Waals surface area contributed by atoms with Crippen LogP contribution < -0.4 is 5.84 Å². The lowest BCUT2D eigenvalue weighted by atomic mass is 10.3. The first-order valence-corrected chi connectivity index (χ1v) is 3.65. The molecule has 1 aromatic heterocycles. The molecule has 68 valence electrons. The van der Waals surface area contributed by atoms with Gasteiger partial charge in [0.25, 0.3) is 0 Å². The highest BCUT2D eigenvalue weighted by molar-refractivity contribution is 6.15. The Morgan fingerprint density at radius 3 is 2.92 bits per heavy atom. The van der Waals surface area contributed by atoms with E-state index < -0.39 is 5.95 Å². The monoisotopic (exact) mass is 180 g/mol. The summed E-state index contributed by atoms with van der Waals surface area (Å²) in [6.07, 6.45) is 4.28. The Balaban J connectivity index is 2.50. The van der Waals surface area contributed by atoms with Crippen LogP contribution in [0, 0.1) is 5.95 Å². The summed E-state index contributed by atoms with van der Waals surface area (Å²) in [5, 5.41) is 3.23. The lowest BCUT2D eigenvalue weighted by Gasteiger charge is -1.93. The van der Waals surface area contributed by atoms with Gasteiger partial charge in [-0.25, -0.2) is 4.98 Å². The summed E-state index contributed by atoms with van der Waals surface area (Å²) in [5.41, 5.74) is 0.836. The van der Waals surface area contributed by atoms with E-state index in [-0.39, 0.29) is 0 Å². The van der Waals surface area contributed by atoms with Crippen molar-refractivity contribution in [2.75, 3.05) is 0 Å². The van der Waals surface area contributed by atoms with Crippen molar-refractivity contribution in [3.63, 3.8) is 0 Å². The van der Waals surface area contributed by atoms with Gasteiger partial charge in [-0.3, -0.25) is 4.99 Å². The molecule has 0 aromatic carbocycles. The van der Waals surface area contributed by atoms with Crippen molar-refractivity contribution in [3.8, 4) is 0 Å². The van der Waals surface area contributed by atoms with E-state index in [4.69, 9.17) is 5.84 Å². The van der Waals surface area contributed by atoms with Gasteiger partial charge in [0, 0.05) is 12.4 Å². The maximum absolute atomic E-state index is 12.3. The number of aliphatic imine (C=N–C) groups is 1. The van der Waals surface area contributed by atoms with Crippen LogP contribution in [0.5, 0.6) is 0 Å². The fourth-order valence-corrected chi connectivity index (χ4v) is 0.744. The van der Waals surface area contributed by atoms with Gasteiger partial charge in [0.2, 0.25) is 5.95 Å². The number of halogens is 1. The van der Waals surface area contributed by atoms with Gasteiger partial charge in [-0.1, -0.05) is 6.07 Å². The van der Waals surface area contributed by atoms with Gasteiger partial charge in [-0.05, 0) is 11.6 Å². The minimum Gasteiger partial charge on any atom is -0.323 e. The SMILES string of the molecule is NN=CC=NCc1ccc(F)nc1. The molecule has 0 unspecified atom stereocenters. The Bertz CT molecular complexity index is 304. The fraction of sp³-hybridized carbons (Fsp3) is 0.125. The summed E-state index contributed by atoms with van der Waals surface area (Å²) >= 11 is 0. The third-order valence-electron chi connectivity index (χ3n) is 1.32. The van der Waals surface area contributed by atoms with E-state index in [9.17, 15) is 4.39 Å². The Morgan fingerprint density at radius 1 is 1.46 bits per heavy atom. The molecule has 0 amide bonds. The van der Waals surface area contributed by atoms with Crippen LogP contribution >= 0.6 is 0 Å². The summed E-state index contributed by atoms with van der Waals surface area (Å²) in [5.74, 6) is 4.35. The average molecular weight is 180 g/mol. The highest BCUT2D eigenvalue weighted by atomic mass is 19.1. The summed E-state index contributed by atoms with van der Waals surface area (Å²) in [6.45, 7) is 0.444. The van der Waals surface area contributed by atoms with Crippen molar-refractivity contribution < 1.29 is 4.39 Å². The fourth-order valence-electron chi connectivity index (χ4n) is 0.744. The van der Waals surface area contributed by atoms with Gasteiger partial charge in [0.15, 0.2) is 0 Å². The van der Waals surface area contributed by atoms with Crippen LogP contribution in [0.25, 0.3) is 0 Å². The maximum Gasteiger partial charge on any atom is 0.212 e. The molecule has 5 heteroatoms. The van der Waals surface area contributed by atoms with E-state index in [1.54, 1.807) is 6.07 Å². The minimum absolute atomic E-state index is 0.444. The van der Waals surface area contributed by atoms with Crippen molar-refractivity contribution in [2.45, 2.75) is 6.54 Å². The molecular weight excluding hydrogens is 171 g/mol. The van der Waals surface area contributed by atoms with Gasteiger partial charge in [-0.2, -0.15) is 9.49 Å². The number of hydrazone groups is 1. The van der Waals surface area contributed by atoms with Crippen LogP contribution in [0.2, 0.25) is 0 Å². The Morgan fingerprint density at radius 2 is 2.31 bits per heavy atom. The third-order valence-corrected chi connectivity index (χ3v) is 1.32. The topological polar surface area (TPSA) is 63.6 Å². The molecule has 0 spiro atoms. The van der Waals surface area contributed by atoms with E-state index in [0.717, 1.165) is 5.56 Å². The summed E-state index contributed by atoms with van der Waals surface area (Å²) in [6, 6.07) is 2.92. The maximum atomic E-state index is 12.3. The van der Waals surface area contributed by atoms with Crippen molar-refractivity contribution >= 4 is 12.4 Å². The predicted octanol–water partition coefficient (Wildman–Crippen LogP) is 0.736.